The number of hydrogen-bond acceptors (Lipinski definition) is 4. The Morgan fingerprint density at radius 3 is 2.52 bits per heavy atom. The van der Waals surface area contributed by atoms with Gasteiger partial charge in [-0.3, -0.25) is 0 Å². The van der Waals surface area contributed by atoms with E-state index >= 15 is 0 Å². The van der Waals surface area contributed by atoms with E-state index in [-0.39, 0.29) is 4.90 Å². The van der Waals surface area contributed by atoms with Crippen molar-refractivity contribution in [2.75, 3.05) is 25.9 Å². The summed E-state index contributed by atoms with van der Waals surface area (Å²) in [7, 11) is -2.11. The second kappa shape index (κ2) is 6.54. The topological polar surface area (TPSA) is 72.6 Å². The number of sulfonamides is 1. The number of benzene rings is 1. The monoisotopic (exact) mass is 376 g/mol. The zero-order valence-corrected chi connectivity index (χ0v) is 14.7. The lowest BCUT2D eigenvalue weighted by molar-refractivity contribution is 0.268. The molecule has 0 saturated carbocycles. The minimum absolute atomic E-state index is 0.139. The van der Waals surface area contributed by atoms with Crippen molar-refractivity contribution in [3.8, 4) is 5.75 Å². The molecule has 2 N–H and O–H groups in total. The molecule has 118 valence electrons. The van der Waals surface area contributed by atoms with Crippen LogP contribution in [0.5, 0.6) is 5.75 Å². The molecular weight excluding hydrogens is 356 g/mol. The maximum Gasteiger partial charge on any atom is 0.246 e. The molecule has 21 heavy (non-hydrogen) atoms. The SMILES string of the molecule is CCC1CCN(S(=O)(=O)c2cc(N)c(Br)cc2OC)CC1. The average molecular weight is 377 g/mol. The molecule has 0 bridgehead atoms. The predicted molar refractivity (Wildman–Crippen MR) is 86.9 cm³/mol. The molecule has 0 atom stereocenters. The molecule has 1 heterocycles. The molecular formula is C14H21BrN2O3S. The van der Waals surface area contributed by atoms with Crippen molar-refractivity contribution in [3.05, 3.63) is 16.6 Å². The molecule has 0 radical (unpaired) electrons. The van der Waals surface area contributed by atoms with Crippen molar-refractivity contribution in [1.29, 1.82) is 0 Å². The van der Waals surface area contributed by atoms with Crippen molar-refractivity contribution >= 4 is 31.6 Å². The summed E-state index contributed by atoms with van der Waals surface area (Å²) in [4.78, 5) is 0.139. The molecule has 0 aliphatic carbocycles. The zero-order valence-electron chi connectivity index (χ0n) is 12.3. The molecule has 1 aliphatic rings. The van der Waals surface area contributed by atoms with E-state index < -0.39 is 10.0 Å². The van der Waals surface area contributed by atoms with Gasteiger partial charge in [-0.25, -0.2) is 8.42 Å². The van der Waals surface area contributed by atoms with Crippen molar-refractivity contribution < 1.29 is 13.2 Å². The highest BCUT2D eigenvalue weighted by Gasteiger charge is 2.31. The van der Waals surface area contributed by atoms with E-state index in [0.29, 0.717) is 34.9 Å². The Morgan fingerprint density at radius 1 is 1.38 bits per heavy atom. The highest BCUT2D eigenvalue weighted by atomic mass is 79.9. The summed E-state index contributed by atoms with van der Waals surface area (Å²) in [5.74, 6) is 0.932. The number of nitrogens with zero attached hydrogens (tertiary/aromatic N) is 1. The third kappa shape index (κ3) is 3.35. The molecule has 0 spiro atoms. The van der Waals surface area contributed by atoms with Crippen molar-refractivity contribution in [3.63, 3.8) is 0 Å². The molecule has 0 unspecified atom stereocenters. The minimum atomic E-state index is -3.57. The summed E-state index contributed by atoms with van der Waals surface area (Å²) in [6, 6.07) is 3.06. The Balaban J connectivity index is 2.34. The Labute approximate surface area is 134 Å². The second-order valence-electron chi connectivity index (χ2n) is 5.28. The Bertz CT molecular complexity index is 611. The highest BCUT2D eigenvalue weighted by Crippen LogP contribution is 2.35. The maximum absolute atomic E-state index is 12.8. The Kier molecular flexibility index (Phi) is 5.16. The van der Waals surface area contributed by atoms with Crippen LogP contribution in [0.15, 0.2) is 21.5 Å². The van der Waals surface area contributed by atoms with E-state index in [4.69, 9.17) is 10.5 Å². The number of nitrogen functional groups attached to an aromatic ring is 1. The third-order valence-electron chi connectivity index (χ3n) is 4.05. The largest absolute Gasteiger partial charge is 0.495 e. The van der Waals surface area contributed by atoms with Crippen LogP contribution in [-0.2, 0) is 10.0 Å². The van der Waals surface area contributed by atoms with Crippen molar-refractivity contribution in [1.82, 2.24) is 4.31 Å². The molecule has 7 heteroatoms. The zero-order chi connectivity index (χ0) is 15.6. The van der Waals surface area contributed by atoms with Crippen LogP contribution in [0.3, 0.4) is 0 Å². The van der Waals surface area contributed by atoms with Gasteiger partial charge in [0.15, 0.2) is 0 Å². The summed E-state index contributed by atoms with van der Waals surface area (Å²) >= 11 is 3.29. The lowest BCUT2D eigenvalue weighted by atomic mass is 9.96. The van der Waals surface area contributed by atoms with Gasteiger partial charge in [-0.05, 0) is 46.8 Å². The maximum atomic E-state index is 12.8. The van der Waals surface area contributed by atoms with Gasteiger partial charge in [0.25, 0.3) is 0 Å². The van der Waals surface area contributed by atoms with Crippen LogP contribution in [0, 0.1) is 5.92 Å². The average Bonchev–Trinajstić information content (AvgIpc) is 2.49. The van der Waals surface area contributed by atoms with Gasteiger partial charge in [-0.1, -0.05) is 13.3 Å². The first-order valence-corrected chi connectivity index (χ1v) is 9.26. The fourth-order valence-corrected chi connectivity index (χ4v) is 4.57. The molecule has 0 aromatic heterocycles. The van der Waals surface area contributed by atoms with Crippen molar-refractivity contribution in [2.24, 2.45) is 5.92 Å². The van der Waals surface area contributed by atoms with Crippen LogP contribution >= 0.6 is 15.9 Å². The first-order chi connectivity index (χ1) is 9.90. The minimum Gasteiger partial charge on any atom is -0.495 e. The van der Waals surface area contributed by atoms with Gasteiger partial charge in [0, 0.05) is 23.2 Å². The van der Waals surface area contributed by atoms with Gasteiger partial charge >= 0.3 is 0 Å². The second-order valence-corrected chi connectivity index (χ2v) is 8.04. The van der Waals surface area contributed by atoms with Crippen LogP contribution in [0.1, 0.15) is 26.2 Å². The summed E-state index contributed by atoms with van der Waals surface area (Å²) in [5.41, 5.74) is 6.22. The molecule has 5 nitrogen and oxygen atoms in total. The predicted octanol–water partition coefficient (Wildman–Crippen LogP) is 2.85. The molecule has 0 amide bonds. The first kappa shape index (κ1) is 16.6. The normalized spacial score (nSPS) is 17.9. The summed E-state index contributed by atoms with van der Waals surface area (Å²) in [6.07, 6.45) is 2.91. The van der Waals surface area contributed by atoms with Gasteiger partial charge < -0.3 is 10.5 Å². The number of halogens is 1. The lowest BCUT2D eigenvalue weighted by Crippen LogP contribution is -2.38. The quantitative estimate of drug-likeness (QED) is 0.819. The van der Waals surface area contributed by atoms with Gasteiger partial charge in [-0.2, -0.15) is 4.31 Å². The van der Waals surface area contributed by atoms with Crippen LogP contribution in [-0.4, -0.2) is 32.9 Å². The van der Waals surface area contributed by atoms with E-state index in [1.165, 1.54) is 17.5 Å². The fourth-order valence-electron chi connectivity index (χ4n) is 2.61. The molecule has 1 fully saturated rings. The van der Waals surface area contributed by atoms with Gasteiger partial charge in [0.05, 0.1) is 7.11 Å². The molecule has 1 aromatic carbocycles. The third-order valence-corrected chi connectivity index (χ3v) is 6.66. The number of ether oxygens (including phenoxy) is 1. The van der Waals surface area contributed by atoms with Crippen molar-refractivity contribution in [2.45, 2.75) is 31.1 Å². The van der Waals surface area contributed by atoms with Crippen LogP contribution in [0.25, 0.3) is 0 Å². The standard InChI is InChI=1S/C14H21BrN2O3S/c1-3-10-4-6-17(7-5-10)21(18,19)14-9-12(16)11(15)8-13(14)20-2/h8-10H,3-7,16H2,1-2H3. The first-order valence-electron chi connectivity index (χ1n) is 7.03. The van der Waals surface area contributed by atoms with Crippen LogP contribution < -0.4 is 10.5 Å². The van der Waals surface area contributed by atoms with E-state index in [1.807, 2.05) is 0 Å². The number of anilines is 1. The molecule has 2 rings (SSSR count). The number of methoxy groups -OCH3 is 1. The van der Waals surface area contributed by atoms with E-state index in [2.05, 4.69) is 22.9 Å². The number of nitrogens with two attached hydrogens (primary N) is 1. The highest BCUT2D eigenvalue weighted by molar-refractivity contribution is 9.10. The van der Waals surface area contributed by atoms with E-state index in [9.17, 15) is 8.42 Å². The van der Waals surface area contributed by atoms with Crippen LogP contribution in [0.4, 0.5) is 5.69 Å². The van der Waals surface area contributed by atoms with Gasteiger partial charge in [0.2, 0.25) is 10.0 Å². The number of hydrogen-bond donors (Lipinski definition) is 1. The summed E-state index contributed by atoms with van der Waals surface area (Å²) < 4.78 is 33.0. The number of rotatable bonds is 4. The van der Waals surface area contributed by atoms with E-state index in [1.54, 1.807) is 6.07 Å². The van der Waals surface area contributed by atoms with Gasteiger partial charge in [-0.15, -0.1) is 0 Å². The van der Waals surface area contributed by atoms with Crippen LogP contribution in [0.2, 0.25) is 0 Å². The molecule has 1 aliphatic heterocycles. The summed E-state index contributed by atoms with van der Waals surface area (Å²) in [6.45, 7) is 3.26. The smallest absolute Gasteiger partial charge is 0.246 e. The molecule has 1 aromatic rings. The lowest BCUT2D eigenvalue weighted by Gasteiger charge is -2.31. The Morgan fingerprint density at radius 2 is 2.00 bits per heavy atom. The van der Waals surface area contributed by atoms with E-state index in [0.717, 1.165) is 19.3 Å². The fraction of sp³-hybridized carbons (Fsp3) is 0.571. The number of piperidine rings is 1. The summed E-state index contributed by atoms with van der Waals surface area (Å²) in [5, 5.41) is 0. The molecule has 1 saturated heterocycles. The van der Waals surface area contributed by atoms with Gasteiger partial charge in [0.1, 0.15) is 10.6 Å². The Hall–Kier alpha value is -0.790.